The van der Waals surface area contributed by atoms with Gasteiger partial charge in [-0.3, -0.25) is 5.32 Å². The zero-order valence-corrected chi connectivity index (χ0v) is 15.9. The highest BCUT2D eigenvalue weighted by Crippen LogP contribution is 2.26. The molecule has 0 radical (unpaired) electrons. The molecule has 1 heterocycles. The minimum atomic E-state index is -4.22. The first-order chi connectivity index (χ1) is 12.2. The summed E-state index contributed by atoms with van der Waals surface area (Å²) in [4.78, 5) is 19.9. The van der Waals surface area contributed by atoms with Gasteiger partial charge in [0.15, 0.2) is 0 Å². The quantitative estimate of drug-likeness (QED) is 0.685. The van der Waals surface area contributed by atoms with E-state index in [9.17, 15) is 13.2 Å². The maximum atomic E-state index is 12.6. The number of aliphatic hydroxyl groups is 1. The lowest BCUT2D eigenvalue weighted by Crippen LogP contribution is -2.35. The fourth-order valence-electron chi connectivity index (χ4n) is 2.40. The molecule has 1 aromatic carbocycles. The van der Waals surface area contributed by atoms with Crippen LogP contribution in [0.15, 0.2) is 29.2 Å². The summed E-state index contributed by atoms with van der Waals surface area (Å²) in [6.45, 7) is 3.36. The SMILES string of the molecule is Cc1cc(C)nc(NC(=O)NS(=O)(=O)c2c(Cl)cccc2CCCO)n1. The molecule has 2 rings (SSSR count). The molecule has 3 N–H and O–H groups in total. The minimum Gasteiger partial charge on any atom is -0.396 e. The van der Waals surface area contributed by atoms with Gasteiger partial charge in [0.25, 0.3) is 10.0 Å². The van der Waals surface area contributed by atoms with Crippen LogP contribution in [-0.2, 0) is 16.4 Å². The third-order valence-electron chi connectivity index (χ3n) is 3.36. The molecule has 0 bridgehead atoms. The number of carbonyl (C=O) groups excluding carboxylic acids is 1. The van der Waals surface area contributed by atoms with Crippen LogP contribution in [0.5, 0.6) is 0 Å². The van der Waals surface area contributed by atoms with E-state index in [-0.39, 0.29) is 22.5 Å². The Balaban J connectivity index is 2.24. The average molecular weight is 399 g/mol. The molecule has 0 aliphatic rings. The molecule has 8 nitrogen and oxygen atoms in total. The van der Waals surface area contributed by atoms with Crippen molar-refractivity contribution in [3.8, 4) is 0 Å². The molecule has 1 aromatic heterocycles. The monoisotopic (exact) mass is 398 g/mol. The normalized spacial score (nSPS) is 11.2. The Hall–Kier alpha value is -2.23. The number of rotatable bonds is 6. The molecule has 140 valence electrons. The Labute approximate surface area is 156 Å². The van der Waals surface area contributed by atoms with Gasteiger partial charge >= 0.3 is 6.03 Å². The number of sulfonamides is 1. The number of carbonyl (C=O) groups is 1. The molecule has 0 fully saturated rings. The predicted molar refractivity (Wildman–Crippen MR) is 97.7 cm³/mol. The third-order valence-corrected chi connectivity index (χ3v) is 5.26. The summed E-state index contributed by atoms with van der Waals surface area (Å²) in [7, 11) is -4.22. The minimum absolute atomic E-state index is 0.00476. The summed E-state index contributed by atoms with van der Waals surface area (Å²) in [5.74, 6) is -0.00476. The van der Waals surface area contributed by atoms with Crippen molar-refractivity contribution in [1.82, 2.24) is 14.7 Å². The number of anilines is 1. The smallest absolute Gasteiger partial charge is 0.335 e. The van der Waals surface area contributed by atoms with Crippen LogP contribution in [0.1, 0.15) is 23.4 Å². The van der Waals surface area contributed by atoms with Gasteiger partial charge in [-0.1, -0.05) is 23.7 Å². The molecule has 0 unspecified atom stereocenters. The lowest BCUT2D eigenvalue weighted by atomic mass is 10.1. The van der Waals surface area contributed by atoms with Crippen LogP contribution in [0.2, 0.25) is 5.02 Å². The topological polar surface area (TPSA) is 121 Å². The van der Waals surface area contributed by atoms with Gasteiger partial charge in [0.2, 0.25) is 5.95 Å². The highest BCUT2D eigenvalue weighted by Gasteiger charge is 2.24. The van der Waals surface area contributed by atoms with Crippen molar-refractivity contribution >= 4 is 33.6 Å². The highest BCUT2D eigenvalue weighted by molar-refractivity contribution is 7.90. The molecule has 2 aromatic rings. The predicted octanol–water partition coefficient (Wildman–Crippen LogP) is 2.18. The van der Waals surface area contributed by atoms with Crippen molar-refractivity contribution in [2.24, 2.45) is 0 Å². The Morgan fingerprint density at radius 3 is 2.50 bits per heavy atom. The maximum absolute atomic E-state index is 12.6. The standard InChI is InChI=1S/C16H19ClN4O4S/c1-10-9-11(2)19-15(18-10)20-16(23)21-26(24,25)14-12(6-4-8-22)5-3-7-13(14)17/h3,5,7,9,22H,4,6,8H2,1-2H3,(H2,18,19,20,21,23). The zero-order valence-electron chi connectivity index (χ0n) is 14.3. The molecule has 2 amide bonds. The second kappa shape index (κ2) is 8.43. The number of nitrogens with one attached hydrogen (secondary N) is 2. The van der Waals surface area contributed by atoms with Gasteiger partial charge in [-0.25, -0.2) is 27.9 Å². The van der Waals surface area contributed by atoms with E-state index in [1.807, 2.05) is 4.72 Å². The van der Waals surface area contributed by atoms with Crippen LogP contribution in [0, 0.1) is 13.8 Å². The number of aryl methyl sites for hydroxylation is 3. The number of amides is 2. The number of aromatic nitrogens is 2. The number of hydrogen-bond acceptors (Lipinski definition) is 6. The molecule has 0 saturated carbocycles. The lowest BCUT2D eigenvalue weighted by molar-refractivity contribution is 0.256. The number of halogens is 1. The number of aliphatic hydroxyl groups excluding tert-OH is 1. The molecular formula is C16H19ClN4O4S. The van der Waals surface area contributed by atoms with E-state index in [0.717, 1.165) is 0 Å². The first-order valence-corrected chi connectivity index (χ1v) is 9.63. The van der Waals surface area contributed by atoms with Crippen molar-refractivity contribution in [2.75, 3.05) is 11.9 Å². The van der Waals surface area contributed by atoms with Crippen molar-refractivity contribution in [3.05, 3.63) is 46.2 Å². The largest absolute Gasteiger partial charge is 0.396 e. The van der Waals surface area contributed by atoms with E-state index >= 15 is 0 Å². The maximum Gasteiger partial charge on any atom is 0.335 e. The summed E-state index contributed by atoms with van der Waals surface area (Å²) in [6.07, 6.45) is 0.667. The van der Waals surface area contributed by atoms with Crippen molar-refractivity contribution in [1.29, 1.82) is 0 Å². The summed E-state index contributed by atoms with van der Waals surface area (Å²) in [6, 6.07) is 5.34. The van der Waals surface area contributed by atoms with E-state index in [1.165, 1.54) is 6.07 Å². The van der Waals surface area contributed by atoms with E-state index in [2.05, 4.69) is 15.3 Å². The first-order valence-electron chi connectivity index (χ1n) is 7.77. The van der Waals surface area contributed by atoms with Gasteiger partial charge in [-0.2, -0.15) is 0 Å². The molecule has 0 atom stereocenters. The Morgan fingerprint density at radius 1 is 1.23 bits per heavy atom. The van der Waals surface area contributed by atoms with Crippen LogP contribution >= 0.6 is 11.6 Å². The molecule has 0 aliphatic carbocycles. The number of nitrogens with zero attached hydrogens (tertiary/aromatic N) is 2. The van der Waals surface area contributed by atoms with E-state index in [1.54, 1.807) is 32.0 Å². The molecular weight excluding hydrogens is 380 g/mol. The molecule has 0 spiro atoms. The van der Waals surface area contributed by atoms with E-state index < -0.39 is 16.1 Å². The highest BCUT2D eigenvalue weighted by atomic mass is 35.5. The number of benzene rings is 1. The van der Waals surface area contributed by atoms with Crippen LogP contribution in [-0.4, -0.2) is 36.1 Å². The van der Waals surface area contributed by atoms with E-state index in [4.69, 9.17) is 16.7 Å². The Morgan fingerprint density at radius 2 is 1.88 bits per heavy atom. The molecule has 10 heteroatoms. The summed E-state index contributed by atoms with van der Waals surface area (Å²) >= 11 is 6.04. The van der Waals surface area contributed by atoms with Crippen LogP contribution in [0.3, 0.4) is 0 Å². The van der Waals surface area contributed by atoms with Crippen LogP contribution < -0.4 is 10.0 Å². The summed E-state index contributed by atoms with van der Waals surface area (Å²) in [5, 5.41) is 11.3. The third kappa shape index (κ3) is 5.13. The second-order valence-corrected chi connectivity index (χ2v) is 7.62. The Bertz CT molecular complexity index is 898. The van der Waals surface area contributed by atoms with Gasteiger partial charge in [-0.15, -0.1) is 0 Å². The Kier molecular flexibility index (Phi) is 6.52. The number of hydrogen-bond donors (Lipinski definition) is 3. The average Bonchev–Trinajstić information content (AvgIpc) is 2.50. The molecule has 0 saturated heterocycles. The van der Waals surface area contributed by atoms with E-state index in [0.29, 0.717) is 29.8 Å². The summed E-state index contributed by atoms with van der Waals surface area (Å²) < 4.78 is 27.1. The van der Waals surface area contributed by atoms with Crippen LogP contribution in [0.25, 0.3) is 0 Å². The van der Waals surface area contributed by atoms with Gasteiger partial charge in [-0.05, 0) is 44.4 Å². The van der Waals surface area contributed by atoms with Crippen molar-refractivity contribution in [3.63, 3.8) is 0 Å². The van der Waals surface area contributed by atoms with Crippen molar-refractivity contribution < 1.29 is 18.3 Å². The van der Waals surface area contributed by atoms with Gasteiger partial charge in [0, 0.05) is 18.0 Å². The zero-order chi connectivity index (χ0) is 19.3. The van der Waals surface area contributed by atoms with Crippen LogP contribution in [0.4, 0.5) is 10.7 Å². The van der Waals surface area contributed by atoms with Gasteiger partial charge < -0.3 is 5.11 Å². The summed E-state index contributed by atoms with van der Waals surface area (Å²) in [5.41, 5.74) is 1.68. The fraction of sp³-hybridized carbons (Fsp3) is 0.312. The molecule has 0 aliphatic heterocycles. The molecule has 26 heavy (non-hydrogen) atoms. The lowest BCUT2D eigenvalue weighted by Gasteiger charge is -2.13. The second-order valence-electron chi connectivity index (χ2n) is 5.59. The van der Waals surface area contributed by atoms with Gasteiger partial charge in [0.05, 0.1) is 5.02 Å². The first kappa shape index (κ1) is 20.1. The van der Waals surface area contributed by atoms with Crippen molar-refractivity contribution in [2.45, 2.75) is 31.6 Å². The number of urea groups is 1. The van der Waals surface area contributed by atoms with Gasteiger partial charge in [0.1, 0.15) is 4.90 Å². The fourth-order valence-corrected chi connectivity index (χ4v) is 4.14.